The van der Waals surface area contributed by atoms with Gasteiger partial charge in [-0.05, 0) is 6.92 Å². The first-order valence-electron chi connectivity index (χ1n) is 5.23. The van der Waals surface area contributed by atoms with Gasteiger partial charge in [-0.25, -0.2) is 4.68 Å². The van der Waals surface area contributed by atoms with Crippen LogP contribution in [-0.4, -0.2) is 34.4 Å². The molecule has 0 aliphatic rings. The Bertz CT molecular complexity index is 636. The van der Waals surface area contributed by atoms with E-state index in [0.717, 1.165) is 6.26 Å². The third-order valence-corrected chi connectivity index (χ3v) is 2.58. The molecular weight excluding hydrogens is 256 g/mol. The summed E-state index contributed by atoms with van der Waals surface area (Å²) in [6, 6.07) is 1.52. The summed E-state index contributed by atoms with van der Waals surface area (Å²) in [6.45, 7) is 2.33. The van der Waals surface area contributed by atoms with Crippen molar-refractivity contribution in [2.75, 3.05) is 6.26 Å². The average molecular weight is 268 g/mol. The highest BCUT2D eigenvalue weighted by molar-refractivity contribution is 7.86. The van der Waals surface area contributed by atoms with Crippen LogP contribution < -0.4 is 4.18 Å². The maximum absolute atomic E-state index is 11.1. The predicted molar refractivity (Wildman–Crippen MR) is 64.4 cm³/mol. The summed E-state index contributed by atoms with van der Waals surface area (Å²) in [4.78, 5) is 8.02. The van der Waals surface area contributed by atoms with Crippen molar-refractivity contribution in [3.8, 4) is 17.3 Å². The summed E-state index contributed by atoms with van der Waals surface area (Å²) in [5, 5.41) is 4.21. The van der Waals surface area contributed by atoms with Gasteiger partial charge in [0.05, 0.1) is 12.5 Å². The maximum Gasteiger partial charge on any atom is 0.307 e. The van der Waals surface area contributed by atoms with Gasteiger partial charge >= 0.3 is 10.1 Å². The Labute approximate surface area is 105 Å². The van der Waals surface area contributed by atoms with E-state index in [1.807, 2.05) is 6.92 Å². The van der Waals surface area contributed by atoms with Gasteiger partial charge in [-0.2, -0.15) is 13.5 Å². The second-order valence-electron chi connectivity index (χ2n) is 3.56. The molecule has 0 aliphatic carbocycles. The van der Waals surface area contributed by atoms with Crippen molar-refractivity contribution in [2.45, 2.75) is 13.5 Å². The Morgan fingerprint density at radius 3 is 2.67 bits per heavy atom. The van der Waals surface area contributed by atoms with Crippen LogP contribution >= 0.6 is 0 Å². The zero-order chi connectivity index (χ0) is 13.2. The molecule has 0 radical (unpaired) electrons. The van der Waals surface area contributed by atoms with Gasteiger partial charge in [0.2, 0.25) is 5.88 Å². The van der Waals surface area contributed by atoms with Crippen molar-refractivity contribution in [2.24, 2.45) is 0 Å². The highest BCUT2D eigenvalue weighted by Gasteiger charge is 2.14. The van der Waals surface area contributed by atoms with Crippen LogP contribution in [0.15, 0.2) is 24.7 Å². The fraction of sp³-hybridized carbons (Fsp3) is 0.300. The van der Waals surface area contributed by atoms with Crippen LogP contribution in [0.25, 0.3) is 11.4 Å². The third kappa shape index (κ3) is 2.83. The lowest BCUT2D eigenvalue weighted by atomic mass is 10.3. The van der Waals surface area contributed by atoms with E-state index in [9.17, 15) is 8.42 Å². The normalized spacial score (nSPS) is 11.4. The van der Waals surface area contributed by atoms with Gasteiger partial charge in [0, 0.05) is 25.0 Å². The summed E-state index contributed by atoms with van der Waals surface area (Å²) < 4.78 is 28.5. The quantitative estimate of drug-likeness (QED) is 0.758. The Balaban J connectivity index is 2.41. The molecule has 2 rings (SSSR count). The highest BCUT2D eigenvalue weighted by atomic mass is 32.2. The number of nitrogens with zero attached hydrogens (tertiary/aromatic N) is 4. The molecule has 8 heteroatoms. The van der Waals surface area contributed by atoms with Crippen molar-refractivity contribution in [3.05, 3.63) is 24.7 Å². The minimum Gasteiger partial charge on any atom is -0.362 e. The van der Waals surface area contributed by atoms with Crippen LogP contribution in [0.4, 0.5) is 0 Å². The zero-order valence-electron chi connectivity index (χ0n) is 9.94. The molecule has 0 spiro atoms. The Morgan fingerprint density at radius 1 is 1.33 bits per heavy atom. The van der Waals surface area contributed by atoms with Crippen LogP contribution in [0.2, 0.25) is 0 Å². The first-order chi connectivity index (χ1) is 8.49. The molecule has 0 aromatic carbocycles. The van der Waals surface area contributed by atoms with Crippen molar-refractivity contribution in [1.82, 2.24) is 19.7 Å². The van der Waals surface area contributed by atoms with Crippen LogP contribution in [-0.2, 0) is 16.7 Å². The lowest BCUT2D eigenvalue weighted by molar-refractivity contribution is 0.449. The molecule has 0 N–H and O–H groups in total. The fourth-order valence-corrected chi connectivity index (χ4v) is 1.85. The molecule has 2 aromatic heterocycles. The smallest absolute Gasteiger partial charge is 0.307 e. The van der Waals surface area contributed by atoms with E-state index in [1.54, 1.807) is 12.4 Å². The first kappa shape index (κ1) is 12.5. The lowest BCUT2D eigenvalue weighted by Gasteiger charge is -2.03. The van der Waals surface area contributed by atoms with E-state index >= 15 is 0 Å². The van der Waals surface area contributed by atoms with Gasteiger partial charge < -0.3 is 4.18 Å². The average Bonchev–Trinajstić information content (AvgIpc) is 2.71. The molecule has 0 atom stereocenters. The van der Waals surface area contributed by atoms with Gasteiger partial charge in [-0.15, -0.1) is 0 Å². The SMILES string of the molecule is CCn1nc(-c2cnccn2)cc1OS(C)(=O)=O. The van der Waals surface area contributed by atoms with Gasteiger partial charge in [-0.1, -0.05) is 0 Å². The second-order valence-corrected chi connectivity index (χ2v) is 5.14. The minimum absolute atomic E-state index is 0.167. The first-order valence-corrected chi connectivity index (χ1v) is 7.05. The standard InChI is InChI=1S/C10H12N4O3S/c1-3-14-10(17-18(2,15)16)6-8(13-14)9-7-11-4-5-12-9/h4-7H,3H2,1-2H3. The topological polar surface area (TPSA) is 87.0 Å². The van der Waals surface area contributed by atoms with Gasteiger partial charge in [0.15, 0.2) is 0 Å². The van der Waals surface area contributed by atoms with Crippen LogP contribution in [0.5, 0.6) is 5.88 Å². The molecular formula is C10H12N4O3S. The van der Waals surface area contributed by atoms with Crippen LogP contribution in [0.3, 0.4) is 0 Å². The van der Waals surface area contributed by atoms with E-state index in [-0.39, 0.29) is 5.88 Å². The Hall–Kier alpha value is -1.96. The second kappa shape index (κ2) is 4.73. The van der Waals surface area contributed by atoms with Crippen LogP contribution in [0, 0.1) is 0 Å². The number of aromatic nitrogens is 4. The summed E-state index contributed by atoms with van der Waals surface area (Å²) >= 11 is 0. The molecule has 0 unspecified atom stereocenters. The van der Waals surface area contributed by atoms with Gasteiger partial charge in [-0.3, -0.25) is 9.97 Å². The molecule has 0 bridgehead atoms. The number of aryl methyl sites for hydroxylation is 1. The number of hydrogen-bond acceptors (Lipinski definition) is 6. The van der Waals surface area contributed by atoms with E-state index in [4.69, 9.17) is 4.18 Å². The Kier molecular flexibility index (Phi) is 3.28. The molecule has 0 saturated carbocycles. The highest BCUT2D eigenvalue weighted by Crippen LogP contribution is 2.22. The molecule has 0 amide bonds. The van der Waals surface area contributed by atoms with Gasteiger partial charge in [0.25, 0.3) is 0 Å². The molecule has 0 fully saturated rings. The monoisotopic (exact) mass is 268 g/mol. The van der Waals surface area contributed by atoms with E-state index in [2.05, 4.69) is 15.1 Å². The molecule has 0 saturated heterocycles. The fourth-order valence-electron chi connectivity index (χ4n) is 1.40. The molecule has 2 aromatic rings. The molecule has 2 heterocycles. The largest absolute Gasteiger partial charge is 0.362 e. The van der Waals surface area contributed by atoms with E-state index in [0.29, 0.717) is 17.9 Å². The number of rotatable bonds is 4. The molecule has 96 valence electrons. The van der Waals surface area contributed by atoms with Crippen molar-refractivity contribution >= 4 is 10.1 Å². The van der Waals surface area contributed by atoms with E-state index in [1.165, 1.54) is 16.9 Å². The van der Waals surface area contributed by atoms with E-state index < -0.39 is 10.1 Å². The maximum atomic E-state index is 11.1. The summed E-state index contributed by atoms with van der Waals surface area (Å²) in [5.41, 5.74) is 1.08. The van der Waals surface area contributed by atoms with Crippen LogP contribution in [0.1, 0.15) is 6.92 Å². The third-order valence-electron chi connectivity index (χ3n) is 2.10. The van der Waals surface area contributed by atoms with Crippen molar-refractivity contribution < 1.29 is 12.6 Å². The molecule has 0 aliphatic heterocycles. The van der Waals surface area contributed by atoms with Gasteiger partial charge in [0.1, 0.15) is 11.4 Å². The predicted octanol–water partition coefficient (Wildman–Crippen LogP) is 0.698. The Morgan fingerprint density at radius 2 is 2.11 bits per heavy atom. The summed E-state index contributed by atoms with van der Waals surface area (Å²) in [5.74, 6) is 0.167. The summed E-state index contributed by atoms with van der Waals surface area (Å²) in [6.07, 6.45) is 5.63. The minimum atomic E-state index is -3.58. The lowest BCUT2D eigenvalue weighted by Crippen LogP contribution is -2.10. The molecule has 7 nitrogen and oxygen atoms in total. The van der Waals surface area contributed by atoms with Crippen molar-refractivity contribution in [1.29, 1.82) is 0 Å². The molecule has 18 heavy (non-hydrogen) atoms. The zero-order valence-corrected chi connectivity index (χ0v) is 10.8. The summed E-state index contributed by atoms with van der Waals surface area (Å²) in [7, 11) is -3.58. The number of hydrogen-bond donors (Lipinski definition) is 0. The van der Waals surface area contributed by atoms with Crippen molar-refractivity contribution in [3.63, 3.8) is 0 Å².